The summed E-state index contributed by atoms with van der Waals surface area (Å²) in [7, 11) is 1.62. The number of hydrogen-bond donors (Lipinski definition) is 1. The van der Waals surface area contributed by atoms with E-state index in [1.807, 2.05) is 30.3 Å². The van der Waals surface area contributed by atoms with Crippen LogP contribution in [-0.2, 0) is 6.54 Å². The predicted molar refractivity (Wildman–Crippen MR) is 124 cm³/mol. The van der Waals surface area contributed by atoms with E-state index in [2.05, 4.69) is 42.0 Å². The first-order valence-corrected chi connectivity index (χ1v) is 11.2. The van der Waals surface area contributed by atoms with Gasteiger partial charge in [-0.15, -0.1) is 0 Å². The lowest BCUT2D eigenvalue weighted by Gasteiger charge is -2.14. The molecule has 1 amide bonds. The van der Waals surface area contributed by atoms with Gasteiger partial charge < -0.3 is 19.5 Å². The molecule has 0 saturated carbocycles. The predicted octanol–water partition coefficient (Wildman–Crippen LogP) is 5.99. The normalized spacial score (nSPS) is 10.7. The van der Waals surface area contributed by atoms with Crippen LogP contribution in [0.1, 0.15) is 56.0 Å². The molecule has 0 heterocycles. The number of methoxy groups -OCH3 is 1. The lowest BCUT2D eigenvalue weighted by Crippen LogP contribution is -2.23. The second-order valence-electron chi connectivity index (χ2n) is 7.54. The van der Waals surface area contributed by atoms with Gasteiger partial charge in [0.1, 0.15) is 5.75 Å². The van der Waals surface area contributed by atoms with Crippen molar-refractivity contribution in [3.63, 3.8) is 0 Å². The molecule has 2 rings (SSSR count). The molecule has 0 fully saturated rings. The molecule has 0 aliphatic carbocycles. The summed E-state index contributed by atoms with van der Waals surface area (Å²) in [4.78, 5) is 12.8. The third-order valence-electron chi connectivity index (χ3n) is 4.58. The molecule has 0 atom stereocenters. The van der Waals surface area contributed by atoms with Crippen LogP contribution in [0, 0.1) is 5.92 Å². The van der Waals surface area contributed by atoms with Crippen LogP contribution in [-0.4, -0.2) is 26.2 Å². The van der Waals surface area contributed by atoms with Gasteiger partial charge >= 0.3 is 0 Å². The van der Waals surface area contributed by atoms with E-state index in [-0.39, 0.29) is 5.91 Å². The number of unbranched alkanes of at least 4 members (excludes halogenated alkanes) is 1. The zero-order valence-electron chi connectivity index (χ0n) is 18.3. The van der Waals surface area contributed by atoms with Gasteiger partial charge in [-0.3, -0.25) is 4.79 Å². The zero-order valence-corrected chi connectivity index (χ0v) is 19.9. The largest absolute Gasteiger partial charge is 0.493 e. The van der Waals surface area contributed by atoms with Crippen LogP contribution in [0.2, 0.25) is 0 Å². The van der Waals surface area contributed by atoms with Crippen molar-refractivity contribution in [1.29, 1.82) is 0 Å². The molecule has 2 aromatic rings. The maximum absolute atomic E-state index is 12.8. The highest BCUT2D eigenvalue weighted by atomic mass is 79.9. The van der Waals surface area contributed by atoms with Gasteiger partial charge in [0.2, 0.25) is 0 Å². The van der Waals surface area contributed by atoms with Crippen molar-refractivity contribution in [2.75, 3.05) is 20.3 Å². The first-order valence-electron chi connectivity index (χ1n) is 10.4. The monoisotopic (exact) mass is 477 g/mol. The fourth-order valence-electron chi connectivity index (χ4n) is 2.76. The van der Waals surface area contributed by atoms with Gasteiger partial charge in [0, 0.05) is 11.0 Å². The van der Waals surface area contributed by atoms with Crippen molar-refractivity contribution in [3.8, 4) is 17.2 Å². The first kappa shape index (κ1) is 24.1. The number of ether oxygens (including phenoxy) is 3. The number of carbonyl (C=O) groups is 1. The highest BCUT2D eigenvalue weighted by Crippen LogP contribution is 2.29. The molecule has 0 aliphatic rings. The van der Waals surface area contributed by atoms with E-state index in [4.69, 9.17) is 14.2 Å². The Kier molecular flexibility index (Phi) is 10.0. The molecule has 5 nitrogen and oxygen atoms in total. The summed E-state index contributed by atoms with van der Waals surface area (Å²) in [5.74, 6) is 2.37. The molecule has 1 N–H and O–H groups in total. The van der Waals surface area contributed by atoms with Crippen LogP contribution in [0.15, 0.2) is 40.9 Å². The van der Waals surface area contributed by atoms with E-state index in [0.717, 1.165) is 29.3 Å². The van der Waals surface area contributed by atoms with E-state index in [0.29, 0.717) is 48.5 Å². The molecule has 0 unspecified atom stereocenters. The van der Waals surface area contributed by atoms with Gasteiger partial charge in [-0.1, -0.05) is 49.2 Å². The molecular weight excluding hydrogens is 446 g/mol. The molecule has 0 saturated heterocycles. The van der Waals surface area contributed by atoms with Crippen LogP contribution in [0.4, 0.5) is 0 Å². The van der Waals surface area contributed by atoms with Gasteiger partial charge in [-0.2, -0.15) is 0 Å². The lowest BCUT2D eigenvalue weighted by molar-refractivity contribution is 0.0946. The first-order chi connectivity index (χ1) is 14.4. The van der Waals surface area contributed by atoms with E-state index in [9.17, 15) is 4.79 Å². The van der Waals surface area contributed by atoms with Gasteiger partial charge in [0.05, 0.1) is 25.9 Å². The van der Waals surface area contributed by atoms with Crippen molar-refractivity contribution < 1.29 is 19.0 Å². The van der Waals surface area contributed by atoms with Crippen molar-refractivity contribution in [2.45, 2.75) is 46.6 Å². The van der Waals surface area contributed by atoms with Crippen LogP contribution in [0.3, 0.4) is 0 Å². The van der Waals surface area contributed by atoms with Crippen molar-refractivity contribution >= 4 is 21.8 Å². The minimum Gasteiger partial charge on any atom is -0.493 e. The molecule has 0 radical (unpaired) electrons. The molecule has 2 aromatic carbocycles. The smallest absolute Gasteiger partial charge is 0.255 e. The average molecular weight is 478 g/mol. The summed E-state index contributed by atoms with van der Waals surface area (Å²) < 4.78 is 17.9. The van der Waals surface area contributed by atoms with E-state index in [1.54, 1.807) is 13.2 Å². The van der Waals surface area contributed by atoms with Gasteiger partial charge in [0.15, 0.2) is 11.5 Å². The van der Waals surface area contributed by atoms with Crippen LogP contribution in [0.5, 0.6) is 17.2 Å². The van der Waals surface area contributed by atoms with Crippen molar-refractivity contribution in [2.24, 2.45) is 5.92 Å². The summed E-state index contributed by atoms with van der Waals surface area (Å²) in [6.45, 7) is 8.05. The molecule has 0 aliphatic heterocycles. The molecular formula is C24H32BrNO4. The Hall–Kier alpha value is -2.21. The van der Waals surface area contributed by atoms with Crippen molar-refractivity contribution in [3.05, 3.63) is 52.0 Å². The molecule has 0 spiro atoms. The molecule has 0 aromatic heterocycles. The third kappa shape index (κ3) is 7.56. The molecule has 30 heavy (non-hydrogen) atoms. The number of nitrogens with one attached hydrogen (secondary N) is 1. The summed E-state index contributed by atoms with van der Waals surface area (Å²) in [6, 6.07) is 11.2. The maximum atomic E-state index is 12.8. The minimum atomic E-state index is -0.181. The van der Waals surface area contributed by atoms with E-state index >= 15 is 0 Å². The molecule has 0 bridgehead atoms. The van der Waals surface area contributed by atoms with Gasteiger partial charge in [-0.25, -0.2) is 0 Å². The topological polar surface area (TPSA) is 56.8 Å². The number of halogens is 1. The number of carbonyl (C=O) groups excluding carboxylic acids is 1. The minimum absolute atomic E-state index is 0.181. The van der Waals surface area contributed by atoms with Crippen LogP contribution < -0.4 is 19.5 Å². The average Bonchev–Trinajstić information content (AvgIpc) is 2.73. The molecule has 164 valence electrons. The SMILES string of the molecule is CCCCOc1ccc(Br)cc1C(=O)NCc1ccc(OCCC(C)C)c(OC)c1. The number of rotatable bonds is 12. The fraction of sp³-hybridized carbons (Fsp3) is 0.458. The molecule has 6 heteroatoms. The van der Waals surface area contributed by atoms with Gasteiger partial charge in [0.25, 0.3) is 5.91 Å². The standard InChI is InChI=1S/C24H32BrNO4/c1-5-6-12-29-21-10-8-19(25)15-20(21)24(27)26-16-18-7-9-22(23(14-18)28-4)30-13-11-17(2)3/h7-10,14-15,17H,5-6,11-13,16H2,1-4H3,(H,26,27). The van der Waals surface area contributed by atoms with Crippen molar-refractivity contribution in [1.82, 2.24) is 5.32 Å². The fourth-order valence-corrected chi connectivity index (χ4v) is 3.12. The summed E-state index contributed by atoms with van der Waals surface area (Å²) in [5, 5.41) is 2.97. The summed E-state index contributed by atoms with van der Waals surface area (Å²) in [5.41, 5.74) is 1.45. The van der Waals surface area contributed by atoms with Crippen LogP contribution >= 0.6 is 15.9 Å². The Morgan fingerprint density at radius 2 is 1.77 bits per heavy atom. The second-order valence-corrected chi connectivity index (χ2v) is 8.46. The Balaban J connectivity index is 2.02. The lowest BCUT2D eigenvalue weighted by atomic mass is 10.1. The van der Waals surface area contributed by atoms with E-state index in [1.165, 1.54) is 0 Å². The zero-order chi connectivity index (χ0) is 21.9. The third-order valence-corrected chi connectivity index (χ3v) is 5.07. The Morgan fingerprint density at radius 1 is 1.03 bits per heavy atom. The highest BCUT2D eigenvalue weighted by Gasteiger charge is 2.14. The van der Waals surface area contributed by atoms with Crippen LogP contribution in [0.25, 0.3) is 0 Å². The summed E-state index contributed by atoms with van der Waals surface area (Å²) in [6.07, 6.45) is 2.97. The van der Waals surface area contributed by atoms with E-state index < -0.39 is 0 Å². The quantitative estimate of drug-likeness (QED) is 0.381. The Morgan fingerprint density at radius 3 is 2.47 bits per heavy atom. The number of amides is 1. The van der Waals surface area contributed by atoms with Gasteiger partial charge in [-0.05, 0) is 54.7 Å². The Bertz CT molecular complexity index is 823. The summed E-state index contributed by atoms with van der Waals surface area (Å²) >= 11 is 3.43. The Labute approximate surface area is 188 Å². The maximum Gasteiger partial charge on any atom is 0.255 e. The number of benzene rings is 2. The highest BCUT2D eigenvalue weighted by molar-refractivity contribution is 9.10. The number of hydrogen-bond acceptors (Lipinski definition) is 4. The second kappa shape index (κ2) is 12.5.